The third-order valence-corrected chi connectivity index (χ3v) is 9.55. The summed E-state index contributed by atoms with van der Waals surface area (Å²) in [6.45, 7) is 6.97. The average molecular weight is 594 g/mol. The molecule has 2 nitrogen and oxygen atoms in total. The van der Waals surface area contributed by atoms with Crippen LogP contribution in [0.1, 0.15) is 192 Å². The van der Waals surface area contributed by atoms with E-state index in [1.807, 2.05) is 0 Å². The SMILES string of the molecule is CCCCCCCCCCCCCCCCCc1n(CCCCCCCCCCCC)cc[n+]1CCCc1ccccc1. The van der Waals surface area contributed by atoms with Crippen molar-refractivity contribution in [2.24, 2.45) is 0 Å². The molecule has 246 valence electrons. The lowest BCUT2D eigenvalue weighted by Gasteiger charge is -2.07. The second-order valence-corrected chi connectivity index (χ2v) is 13.6. The number of rotatable bonds is 31. The molecule has 0 amide bonds. The van der Waals surface area contributed by atoms with Crippen LogP contribution < -0.4 is 4.57 Å². The van der Waals surface area contributed by atoms with Crippen LogP contribution in [0, 0.1) is 0 Å². The van der Waals surface area contributed by atoms with Crippen LogP contribution >= 0.6 is 0 Å². The fourth-order valence-corrected chi connectivity index (χ4v) is 6.71. The molecule has 0 radical (unpaired) electrons. The predicted molar refractivity (Wildman–Crippen MR) is 190 cm³/mol. The lowest BCUT2D eigenvalue weighted by Crippen LogP contribution is -2.37. The van der Waals surface area contributed by atoms with E-state index < -0.39 is 0 Å². The highest BCUT2D eigenvalue weighted by Crippen LogP contribution is 2.15. The van der Waals surface area contributed by atoms with Gasteiger partial charge in [-0.2, -0.15) is 0 Å². The van der Waals surface area contributed by atoms with E-state index in [1.165, 1.54) is 192 Å². The van der Waals surface area contributed by atoms with Crippen molar-refractivity contribution >= 4 is 0 Å². The Kier molecular flexibility index (Phi) is 24.4. The van der Waals surface area contributed by atoms with Crippen LogP contribution in [-0.2, 0) is 25.9 Å². The van der Waals surface area contributed by atoms with E-state index in [2.05, 4.69) is 65.7 Å². The highest BCUT2D eigenvalue weighted by atomic mass is 15.1. The Morgan fingerprint density at radius 1 is 0.465 bits per heavy atom. The largest absolute Gasteiger partial charge is 0.256 e. The van der Waals surface area contributed by atoms with E-state index >= 15 is 0 Å². The zero-order valence-electron chi connectivity index (χ0n) is 29.1. The van der Waals surface area contributed by atoms with Crippen LogP contribution in [0.15, 0.2) is 42.7 Å². The summed E-state index contributed by atoms with van der Waals surface area (Å²) in [4.78, 5) is 0. The van der Waals surface area contributed by atoms with Gasteiger partial charge < -0.3 is 0 Å². The zero-order valence-corrected chi connectivity index (χ0v) is 29.1. The molecule has 0 saturated heterocycles. The first-order chi connectivity index (χ1) is 21.3. The number of imidazole rings is 1. The Morgan fingerprint density at radius 2 is 0.907 bits per heavy atom. The minimum Gasteiger partial charge on any atom is -0.234 e. The number of aromatic nitrogens is 2. The van der Waals surface area contributed by atoms with Crippen molar-refractivity contribution in [1.29, 1.82) is 0 Å². The van der Waals surface area contributed by atoms with Gasteiger partial charge in [-0.3, -0.25) is 0 Å². The minimum atomic E-state index is 1.15. The predicted octanol–water partition coefficient (Wildman–Crippen LogP) is 12.7. The molecule has 2 aromatic rings. The van der Waals surface area contributed by atoms with Gasteiger partial charge in [-0.15, -0.1) is 0 Å². The molecule has 0 unspecified atom stereocenters. The lowest BCUT2D eigenvalue weighted by molar-refractivity contribution is -0.704. The fraction of sp³-hybridized carbons (Fsp3) is 0.780. The van der Waals surface area contributed by atoms with E-state index in [1.54, 1.807) is 5.82 Å². The first-order valence-corrected chi connectivity index (χ1v) is 19.5. The lowest BCUT2D eigenvalue weighted by atomic mass is 10.0. The van der Waals surface area contributed by atoms with Gasteiger partial charge in [0.15, 0.2) is 0 Å². The summed E-state index contributed by atoms with van der Waals surface area (Å²) in [5, 5.41) is 0. The molecule has 0 spiro atoms. The molecular formula is C41H73N2+. The smallest absolute Gasteiger partial charge is 0.234 e. The number of hydrogen-bond acceptors (Lipinski definition) is 0. The number of unbranched alkanes of at least 4 members (excludes halogenated alkanes) is 23. The van der Waals surface area contributed by atoms with Crippen molar-refractivity contribution < 1.29 is 4.57 Å². The molecule has 0 aliphatic heterocycles. The maximum atomic E-state index is 2.61. The maximum absolute atomic E-state index is 2.61. The van der Waals surface area contributed by atoms with Gasteiger partial charge in [-0.05, 0) is 37.7 Å². The first-order valence-electron chi connectivity index (χ1n) is 19.5. The van der Waals surface area contributed by atoms with Gasteiger partial charge in [-0.25, -0.2) is 9.13 Å². The topological polar surface area (TPSA) is 8.81 Å². The Balaban J connectivity index is 1.62. The van der Waals surface area contributed by atoms with Gasteiger partial charge in [0, 0.05) is 6.42 Å². The van der Waals surface area contributed by atoms with Crippen LogP contribution in [0.25, 0.3) is 0 Å². The summed E-state index contributed by atoms with van der Waals surface area (Å²) in [6.07, 6.45) is 44.1. The molecule has 0 aliphatic carbocycles. The molecule has 1 aromatic heterocycles. The summed E-state index contributed by atoms with van der Waals surface area (Å²) in [7, 11) is 0. The van der Waals surface area contributed by atoms with Crippen molar-refractivity contribution in [3.05, 3.63) is 54.1 Å². The molecule has 0 N–H and O–H groups in total. The van der Waals surface area contributed by atoms with Crippen molar-refractivity contribution in [3.63, 3.8) is 0 Å². The molecule has 2 heteroatoms. The van der Waals surface area contributed by atoms with Gasteiger partial charge in [0.05, 0.1) is 13.1 Å². The summed E-state index contributed by atoms with van der Waals surface area (Å²) in [5.41, 5.74) is 1.47. The third kappa shape index (κ3) is 20.2. The number of nitrogens with zero attached hydrogens (tertiary/aromatic N) is 2. The molecule has 0 bridgehead atoms. The standard InChI is InChI=1S/C41H73N2/c1-3-5-7-9-11-13-15-16-17-18-19-20-22-24-29-35-41-42(36-30-25-23-21-14-12-10-8-6-4-2)38-39-43(41)37-31-34-40-32-27-26-28-33-40/h26-28,32-33,38-39H,3-25,29-31,34-37H2,1-2H3/q+1. The number of benzene rings is 1. The highest BCUT2D eigenvalue weighted by Gasteiger charge is 2.16. The first kappa shape index (κ1) is 37.6. The Labute approximate surface area is 269 Å². The van der Waals surface area contributed by atoms with Gasteiger partial charge in [-0.1, -0.05) is 185 Å². The van der Waals surface area contributed by atoms with Crippen LogP contribution in [-0.4, -0.2) is 4.57 Å². The van der Waals surface area contributed by atoms with Gasteiger partial charge >= 0.3 is 0 Å². The molecular weight excluding hydrogens is 520 g/mol. The van der Waals surface area contributed by atoms with E-state index in [9.17, 15) is 0 Å². The molecule has 1 heterocycles. The molecule has 1 aromatic carbocycles. The normalized spacial score (nSPS) is 11.5. The molecule has 0 aliphatic rings. The van der Waals surface area contributed by atoms with Crippen molar-refractivity contribution in [1.82, 2.24) is 4.57 Å². The molecule has 0 atom stereocenters. The van der Waals surface area contributed by atoms with Crippen molar-refractivity contribution in [2.45, 2.75) is 207 Å². The second-order valence-electron chi connectivity index (χ2n) is 13.6. The molecule has 0 fully saturated rings. The van der Waals surface area contributed by atoms with E-state index in [0.717, 1.165) is 6.54 Å². The maximum Gasteiger partial charge on any atom is 0.256 e. The van der Waals surface area contributed by atoms with Gasteiger partial charge in [0.1, 0.15) is 12.4 Å². The van der Waals surface area contributed by atoms with Gasteiger partial charge in [0.2, 0.25) is 0 Å². The molecule has 0 saturated carbocycles. The summed E-state index contributed by atoms with van der Waals surface area (Å²) in [6, 6.07) is 11.0. The van der Waals surface area contributed by atoms with Crippen LogP contribution in [0.2, 0.25) is 0 Å². The minimum absolute atomic E-state index is 1.15. The van der Waals surface area contributed by atoms with E-state index in [-0.39, 0.29) is 0 Å². The highest BCUT2D eigenvalue weighted by molar-refractivity contribution is 5.14. The van der Waals surface area contributed by atoms with Crippen molar-refractivity contribution in [3.8, 4) is 0 Å². The van der Waals surface area contributed by atoms with E-state index in [4.69, 9.17) is 0 Å². The van der Waals surface area contributed by atoms with Crippen LogP contribution in [0.5, 0.6) is 0 Å². The Bertz CT molecular complexity index is 839. The van der Waals surface area contributed by atoms with Crippen LogP contribution in [0.3, 0.4) is 0 Å². The van der Waals surface area contributed by atoms with Crippen LogP contribution in [0.4, 0.5) is 0 Å². The van der Waals surface area contributed by atoms with E-state index in [0.29, 0.717) is 0 Å². The summed E-state index contributed by atoms with van der Waals surface area (Å²) in [5.74, 6) is 1.58. The quantitative estimate of drug-likeness (QED) is 0.0607. The Morgan fingerprint density at radius 3 is 1.40 bits per heavy atom. The number of aryl methyl sites for hydroxylation is 3. The monoisotopic (exact) mass is 594 g/mol. The summed E-state index contributed by atoms with van der Waals surface area (Å²) < 4.78 is 5.19. The third-order valence-electron chi connectivity index (χ3n) is 9.55. The summed E-state index contributed by atoms with van der Waals surface area (Å²) >= 11 is 0. The van der Waals surface area contributed by atoms with Gasteiger partial charge in [0.25, 0.3) is 5.82 Å². The zero-order chi connectivity index (χ0) is 30.5. The molecule has 43 heavy (non-hydrogen) atoms. The Hall–Kier alpha value is -1.57. The molecule has 2 rings (SSSR count). The fourth-order valence-electron chi connectivity index (χ4n) is 6.71. The van der Waals surface area contributed by atoms with Crippen molar-refractivity contribution in [2.75, 3.05) is 0 Å². The average Bonchev–Trinajstić information content (AvgIpc) is 3.41. The second kappa shape index (κ2) is 27.9. The number of hydrogen-bond donors (Lipinski definition) is 0.